The van der Waals surface area contributed by atoms with E-state index in [9.17, 15) is 9.18 Å². The van der Waals surface area contributed by atoms with Gasteiger partial charge in [0, 0.05) is 13.6 Å². The highest BCUT2D eigenvalue weighted by atomic mass is 19.1. The molecule has 0 aromatic heterocycles. The van der Waals surface area contributed by atoms with Gasteiger partial charge < -0.3 is 10.6 Å². The van der Waals surface area contributed by atoms with Crippen LogP contribution in [0.1, 0.15) is 18.4 Å². The predicted molar refractivity (Wildman–Crippen MR) is 59.0 cm³/mol. The third kappa shape index (κ3) is 2.22. The summed E-state index contributed by atoms with van der Waals surface area (Å²) in [7, 11) is 1.69. The van der Waals surface area contributed by atoms with Gasteiger partial charge >= 0.3 is 0 Å². The zero-order valence-electron chi connectivity index (χ0n) is 9.24. The van der Waals surface area contributed by atoms with Crippen LogP contribution in [0.2, 0.25) is 0 Å². The lowest BCUT2D eigenvalue weighted by Crippen LogP contribution is -2.43. The maximum absolute atomic E-state index is 12.9. The average molecular weight is 222 g/mol. The van der Waals surface area contributed by atoms with Crippen molar-refractivity contribution >= 4 is 5.91 Å². The fourth-order valence-electron chi connectivity index (χ4n) is 1.71. The molecule has 0 heterocycles. The quantitative estimate of drug-likeness (QED) is 0.837. The van der Waals surface area contributed by atoms with Gasteiger partial charge in [0.1, 0.15) is 5.82 Å². The highest BCUT2D eigenvalue weighted by Crippen LogP contribution is 2.34. The molecule has 1 aliphatic rings. The number of carbonyl (C=O) groups is 1. The third-order valence-electron chi connectivity index (χ3n) is 2.87. The van der Waals surface area contributed by atoms with Gasteiger partial charge in [0.15, 0.2) is 0 Å². The summed E-state index contributed by atoms with van der Waals surface area (Å²) in [5.74, 6) is -0.344. The van der Waals surface area contributed by atoms with Gasteiger partial charge in [-0.2, -0.15) is 0 Å². The minimum absolute atomic E-state index is 0.0586. The number of carbonyl (C=O) groups excluding carboxylic acids is 1. The van der Waals surface area contributed by atoms with Crippen molar-refractivity contribution in [2.75, 3.05) is 7.05 Å². The SMILES string of the molecule is CN(Cc1cccc(F)c1)C(=O)C1(N)CC1. The summed E-state index contributed by atoms with van der Waals surface area (Å²) in [4.78, 5) is 13.4. The van der Waals surface area contributed by atoms with Crippen molar-refractivity contribution in [3.8, 4) is 0 Å². The molecule has 0 saturated heterocycles. The zero-order valence-corrected chi connectivity index (χ0v) is 9.24. The molecule has 0 radical (unpaired) electrons. The molecule has 0 atom stereocenters. The van der Waals surface area contributed by atoms with Crippen LogP contribution in [0.25, 0.3) is 0 Å². The second-order valence-electron chi connectivity index (χ2n) is 4.45. The smallest absolute Gasteiger partial charge is 0.242 e. The topological polar surface area (TPSA) is 46.3 Å². The summed E-state index contributed by atoms with van der Waals surface area (Å²) in [6, 6.07) is 6.25. The number of amides is 1. The summed E-state index contributed by atoms with van der Waals surface area (Å²) in [5, 5.41) is 0. The molecule has 86 valence electrons. The highest BCUT2D eigenvalue weighted by Gasteiger charge is 2.47. The highest BCUT2D eigenvalue weighted by molar-refractivity contribution is 5.88. The van der Waals surface area contributed by atoms with Crippen molar-refractivity contribution < 1.29 is 9.18 Å². The van der Waals surface area contributed by atoms with E-state index in [0.29, 0.717) is 6.54 Å². The Morgan fingerprint density at radius 1 is 1.56 bits per heavy atom. The zero-order chi connectivity index (χ0) is 11.8. The number of rotatable bonds is 3. The van der Waals surface area contributed by atoms with Crippen LogP contribution in [-0.2, 0) is 11.3 Å². The van der Waals surface area contributed by atoms with Gasteiger partial charge in [-0.25, -0.2) is 4.39 Å². The monoisotopic (exact) mass is 222 g/mol. The molecule has 0 bridgehead atoms. The van der Waals surface area contributed by atoms with Crippen molar-refractivity contribution in [2.45, 2.75) is 24.9 Å². The molecule has 0 aliphatic heterocycles. The number of hydrogen-bond donors (Lipinski definition) is 1. The first-order chi connectivity index (χ1) is 7.51. The first-order valence-electron chi connectivity index (χ1n) is 5.30. The minimum Gasteiger partial charge on any atom is -0.340 e. The van der Waals surface area contributed by atoms with E-state index in [1.165, 1.54) is 12.1 Å². The summed E-state index contributed by atoms with van der Waals surface area (Å²) in [6.07, 6.45) is 1.50. The largest absolute Gasteiger partial charge is 0.340 e. The van der Waals surface area contributed by atoms with E-state index < -0.39 is 5.54 Å². The van der Waals surface area contributed by atoms with Gasteiger partial charge in [0.05, 0.1) is 5.54 Å². The van der Waals surface area contributed by atoms with E-state index in [4.69, 9.17) is 5.73 Å². The molecule has 4 heteroatoms. The molecule has 2 N–H and O–H groups in total. The van der Waals surface area contributed by atoms with Crippen LogP contribution in [0.3, 0.4) is 0 Å². The molecule has 1 aliphatic carbocycles. The van der Waals surface area contributed by atoms with E-state index in [-0.39, 0.29) is 11.7 Å². The molecule has 1 saturated carbocycles. The molecular formula is C12H15FN2O. The number of hydrogen-bond acceptors (Lipinski definition) is 2. The van der Waals surface area contributed by atoms with E-state index in [1.54, 1.807) is 24.1 Å². The molecule has 1 aromatic rings. The van der Waals surface area contributed by atoms with Crippen LogP contribution in [-0.4, -0.2) is 23.4 Å². The van der Waals surface area contributed by atoms with Crippen LogP contribution in [0, 0.1) is 5.82 Å². The molecule has 1 amide bonds. The van der Waals surface area contributed by atoms with Gasteiger partial charge in [-0.1, -0.05) is 12.1 Å². The van der Waals surface area contributed by atoms with E-state index >= 15 is 0 Å². The van der Waals surface area contributed by atoms with Crippen LogP contribution < -0.4 is 5.73 Å². The maximum atomic E-state index is 12.9. The van der Waals surface area contributed by atoms with Crippen LogP contribution in [0.4, 0.5) is 4.39 Å². The second-order valence-corrected chi connectivity index (χ2v) is 4.45. The lowest BCUT2D eigenvalue weighted by Gasteiger charge is -2.20. The molecule has 16 heavy (non-hydrogen) atoms. The molecule has 3 nitrogen and oxygen atoms in total. The number of likely N-dealkylation sites (N-methyl/N-ethyl adjacent to an activating group) is 1. The van der Waals surface area contributed by atoms with Crippen molar-refractivity contribution in [3.63, 3.8) is 0 Å². The first-order valence-corrected chi connectivity index (χ1v) is 5.30. The molecule has 0 unspecified atom stereocenters. The lowest BCUT2D eigenvalue weighted by atomic mass is 10.2. The molecule has 0 spiro atoms. The Morgan fingerprint density at radius 3 is 2.81 bits per heavy atom. The number of nitrogens with two attached hydrogens (primary N) is 1. The fourth-order valence-corrected chi connectivity index (χ4v) is 1.71. The van der Waals surface area contributed by atoms with Crippen molar-refractivity contribution in [1.29, 1.82) is 0 Å². The average Bonchev–Trinajstić information content (AvgIpc) is 2.96. The Balaban J connectivity index is 2.02. The van der Waals surface area contributed by atoms with Gasteiger partial charge in [-0.15, -0.1) is 0 Å². The predicted octanol–water partition coefficient (Wildman–Crippen LogP) is 1.28. The summed E-state index contributed by atoms with van der Waals surface area (Å²) in [5.41, 5.74) is 5.94. The lowest BCUT2D eigenvalue weighted by molar-refractivity contribution is -0.132. The number of halogens is 1. The van der Waals surface area contributed by atoms with Crippen molar-refractivity contribution in [1.82, 2.24) is 4.90 Å². The van der Waals surface area contributed by atoms with Gasteiger partial charge in [-0.3, -0.25) is 4.79 Å². The second kappa shape index (κ2) is 3.87. The Labute approximate surface area is 94.0 Å². The summed E-state index contributed by atoms with van der Waals surface area (Å²) in [6.45, 7) is 0.398. The van der Waals surface area contributed by atoms with Gasteiger partial charge in [0.25, 0.3) is 0 Å². The van der Waals surface area contributed by atoms with Crippen LogP contribution in [0.15, 0.2) is 24.3 Å². The summed E-state index contributed by atoms with van der Waals surface area (Å²) >= 11 is 0. The minimum atomic E-state index is -0.651. The fraction of sp³-hybridized carbons (Fsp3) is 0.417. The number of nitrogens with zero attached hydrogens (tertiary/aromatic N) is 1. The summed E-state index contributed by atoms with van der Waals surface area (Å²) < 4.78 is 12.9. The first kappa shape index (κ1) is 11.1. The van der Waals surface area contributed by atoms with E-state index in [0.717, 1.165) is 18.4 Å². The van der Waals surface area contributed by atoms with E-state index in [1.807, 2.05) is 0 Å². The van der Waals surface area contributed by atoms with Gasteiger partial charge in [0.2, 0.25) is 5.91 Å². The Bertz CT molecular complexity index is 415. The Hall–Kier alpha value is -1.42. The maximum Gasteiger partial charge on any atom is 0.242 e. The Morgan fingerprint density at radius 2 is 2.25 bits per heavy atom. The van der Waals surface area contributed by atoms with Gasteiger partial charge in [-0.05, 0) is 30.5 Å². The normalized spacial score (nSPS) is 16.9. The van der Waals surface area contributed by atoms with Crippen molar-refractivity contribution in [3.05, 3.63) is 35.6 Å². The molecule has 2 rings (SSSR count). The van der Waals surface area contributed by atoms with Crippen LogP contribution >= 0.6 is 0 Å². The standard InChI is InChI=1S/C12H15FN2O/c1-15(11(16)12(14)5-6-12)8-9-3-2-4-10(13)7-9/h2-4,7H,5-6,8,14H2,1H3. The number of benzene rings is 1. The van der Waals surface area contributed by atoms with E-state index in [2.05, 4.69) is 0 Å². The molecule has 1 fully saturated rings. The van der Waals surface area contributed by atoms with Crippen molar-refractivity contribution in [2.24, 2.45) is 5.73 Å². The van der Waals surface area contributed by atoms with Crippen LogP contribution in [0.5, 0.6) is 0 Å². The third-order valence-corrected chi connectivity index (χ3v) is 2.87. The molecule has 1 aromatic carbocycles. The Kier molecular flexibility index (Phi) is 2.68. The molecular weight excluding hydrogens is 207 g/mol.